The lowest BCUT2D eigenvalue weighted by atomic mass is 10.1. The van der Waals surface area contributed by atoms with E-state index in [0.29, 0.717) is 0 Å². The smallest absolute Gasteiger partial charge is 0.265 e. The molecule has 14 heteroatoms. The fourth-order valence-electron chi connectivity index (χ4n) is 5.33. The van der Waals surface area contributed by atoms with Gasteiger partial charge in [-0.05, 0) is 83.1 Å². The zero-order valence-electron chi connectivity index (χ0n) is 27.0. The molecule has 0 bridgehead atoms. The van der Waals surface area contributed by atoms with Gasteiger partial charge in [0.2, 0.25) is 5.88 Å². The van der Waals surface area contributed by atoms with Crippen LogP contribution >= 0.6 is 24.4 Å². The highest BCUT2D eigenvalue weighted by molar-refractivity contribution is 7.80. The van der Waals surface area contributed by atoms with Crippen molar-refractivity contribution < 1.29 is 14.7 Å². The van der Waals surface area contributed by atoms with E-state index in [0.717, 1.165) is 22.3 Å². The molecule has 1 saturated heterocycles. The Balaban J connectivity index is 1.32. The third kappa shape index (κ3) is 7.98. The minimum absolute atomic E-state index is 0.00542. The summed E-state index contributed by atoms with van der Waals surface area (Å²) >= 11 is 11.3. The van der Waals surface area contributed by atoms with E-state index in [1.807, 2.05) is 24.3 Å². The first-order chi connectivity index (χ1) is 24.8. The van der Waals surface area contributed by atoms with Gasteiger partial charge in [-0.2, -0.15) is 0 Å². The number of thiocarbonyl (C=S) groups is 1. The van der Waals surface area contributed by atoms with Gasteiger partial charge in [0.15, 0.2) is 9.88 Å². The maximum absolute atomic E-state index is 13.7. The molecule has 1 fully saturated rings. The molecule has 5 aromatic heterocycles. The molecular weight excluding hydrogens is 685 g/mol. The highest BCUT2D eigenvalue weighted by atomic mass is 32.1. The number of pyridine rings is 4. The lowest BCUT2D eigenvalue weighted by Crippen LogP contribution is -2.55. The Morgan fingerprint density at radius 3 is 1.51 bits per heavy atom. The predicted molar refractivity (Wildman–Crippen MR) is 196 cm³/mol. The average Bonchev–Trinajstić information content (AvgIpc) is 3.16. The van der Waals surface area contributed by atoms with Crippen LogP contribution in [0.4, 0.5) is 0 Å². The minimum Gasteiger partial charge on any atom is -0.494 e. The zero-order valence-corrected chi connectivity index (χ0v) is 28.7. The second-order valence-corrected chi connectivity index (χ2v) is 12.1. The molecule has 0 unspecified atom stereocenters. The van der Waals surface area contributed by atoms with E-state index in [1.54, 1.807) is 79.9 Å². The first-order valence-corrected chi connectivity index (χ1v) is 16.5. The molecular formula is C37H30N8O4S2. The van der Waals surface area contributed by atoms with Crippen LogP contribution in [0.25, 0.3) is 6.08 Å². The largest absolute Gasteiger partial charge is 0.494 e. The molecule has 1 N–H and O–H groups in total. The molecule has 0 aliphatic carbocycles. The fraction of sp³-hybridized carbons (Fsp3) is 0.108. The molecule has 6 heterocycles. The topological polar surface area (TPSA) is 139 Å². The summed E-state index contributed by atoms with van der Waals surface area (Å²) in [7, 11) is 0. The standard InChI is InChI=1S/C37H30N8O4S2/c46-32-30(33(47)43(23-27-9-5-15-39-19-27)36(50)42(32)22-26-8-4-14-38-18-26)12-2-1-3-13-31-34(48)44(24-28-10-6-16-40-20-28)37(51)45(35(31)49)25-29-11-7-17-41-21-29/h1-21,46H,22-25H2/b3-1+,12-2+. The quantitative estimate of drug-likeness (QED) is 0.0893. The van der Waals surface area contributed by atoms with Crippen molar-refractivity contribution in [1.29, 1.82) is 0 Å². The molecule has 51 heavy (non-hydrogen) atoms. The SMILES string of the molecule is O=C1C(=C/C=C/C=C/c2c(O)n(Cc3cccnc3)c(=S)n(Cc3cccnc3)c2=O)C(=O)N(Cc2cccnc2)C(=S)N1Cc1cccnc1. The normalized spacial score (nSPS) is 13.5. The van der Waals surface area contributed by atoms with E-state index in [1.165, 1.54) is 43.2 Å². The summed E-state index contributed by atoms with van der Waals surface area (Å²) < 4.78 is 2.98. The van der Waals surface area contributed by atoms with Crippen molar-refractivity contribution in [3.8, 4) is 5.88 Å². The number of aromatic hydroxyl groups is 1. The van der Waals surface area contributed by atoms with Gasteiger partial charge in [-0.3, -0.25) is 53.3 Å². The second kappa shape index (κ2) is 16.0. The number of allylic oxidation sites excluding steroid dienone is 4. The van der Waals surface area contributed by atoms with E-state index in [-0.39, 0.29) is 53.1 Å². The molecule has 0 spiro atoms. The van der Waals surface area contributed by atoms with Crippen LogP contribution in [0.1, 0.15) is 27.8 Å². The summed E-state index contributed by atoms with van der Waals surface area (Å²) in [4.78, 5) is 60.3. The number of carbonyl (C=O) groups excluding carboxylic acids is 2. The number of hydrogen-bond donors (Lipinski definition) is 1. The van der Waals surface area contributed by atoms with Gasteiger partial charge in [0.1, 0.15) is 11.1 Å². The van der Waals surface area contributed by atoms with Crippen LogP contribution in [0.5, 0.6) is 5.88 Å². The fourth-order valence-corrected chi connectivity index (χ4v) is 5.92. The Morgan fingerprint density at radius 1 is 0.608 bits per heavy atom. The Labute approximate surface area is 303 Å². The van der Waals surface area contributed by atoms with Crippen LogP contribution in [-0.4, -0.2) is 60.9 Å². The molecule has 5 aromatic rings. The molecule has 6 rings (SSSR count). The number of hydrogen-bond acceptors (Lipinski definition) is 10. The molecule has 12 nitrogen and oxygen atoms in total. The Bertz CT molecular complexity index is 2210. The summed E-state index contributed by atoms with van der Waals surface area (Å²) in [5, 5.41) is 11.4. The van der Waals surface area contributed by atoms with Crippen LogP contribution < -0.4 is 5.56 Å². The predicted octanol–water partition coefficient (Wildman–Crippen LogP) is 4.61. The lowest BCUT2D eigenvalue weighted by Gasteiger charge is -2.36. The van der Waals surface area contributed by atoms with Crippen LogP contribution in [0.3, 0.4) is 0 Å². The number of nitrogens with zero attached hydrogens (tertiary/aromatic N) is 8. The molecule has 0 saturated carbocycles. The van der Waals surface area contributed by atoms with E-state index in [2.05, 4.69) is 19.9 Å². The maximum Gasteiger partial charge on any atom is 0.265 e. The second-order valence-electron chi connectivity index (χ2n) is 11.3. The number of amides is 2. The summed E-state index contributed by atoms with van der Waals surface area (Å²) in [5.74, 6) is -1.43. The van der Waals surface area contributed by atoms with Crippen LogP contribution in [0.15, 0.2) is 133 Å². The van der Waals surface area contributed by atoms with Crippen molar-refractivity contribution in [1.82, 2.24) is 38.9 Å². The van der Waals surface area contributed by atoms with Crippen molar-refractivity contribution in [3.05, 3.63) is 171 Å². The van der Waals surface area contributed by atoms with Gasteiger partial charge in [0.05, 0.1) is 26.2 Å². The van der Waals surface area contributed by atoms with Crippen LogP contribution in [0.2, 0.25) is 0 Å². The van der Waals surface area contributed by atoms with Gasteiger partial charge in [-0.15, -0.1) is 0 Å². The van der Waals surface area contributed by atoms with Crippen molar-refractivity contribution in [2.45, 2.75) is 26.2 Å². The van der Waals surface area contributed by atoms with Gasteiger partial charge in [-0.25, -0.2) is 0 Å². The Morgan fingerprint density at radius 2 is 1.06 bits per heavy atom. The van der Waals surface area contributed by atoms with Crippen LogP contribution in [0, 0.1) is 4.77 Å². The molecule has 1 aliphatic rings. The summed E-state index contributed by atoms with van der Waals surface area (Å²) in [6, 6.07) is 14.3. The molecule has 0 atom stereocenters. The van der Waals surface area contributed by atoms with Crippen molar-refractivity contribution in [3.63, 3.8) is 0 Å². The highest BCUT2D eigenvalue weighted by Gasteiger charge is 2.39. The molecule has 1 aliphatic heterocycles. The number of aromatic nitrogens is 6. The first kappa shape index (κ1) is 34.6. The van der Waals surface area contributed by atoms with E-state index >= 15 is 0 Å². The highest BCUT2D eigenvalue weighted by Crippen LogP contribution is 2.23. The summed E-state index contributed by atoms with van der Waals surface area (Å²) in [6.45, 7) is 0.544. The Kier molecular flexibility index (Phi) is 10.8. The monoisotopic (exact) mass is 714 g/mol. The van der Waals surface area contributed by atoms with Crippen molar-refractivity contribution in [2.24, 2.45) is 0 Å². The van der Waals surface area contributed by atoms with Crippen molar-refractivity contribution >= 4 is 47.4 Å². The zero-order chi connectivity index (χ0) is 35.7. The van der Waals surface area contributed by atoms with Gasteiger partial charge in [0.25, 0.3) is 17.4 Å². The van der Waals surface area contributed by atoms with Gasteiger partial charge in [-0.1, -0.05) is 42.5 Å². The molecule has 0 aromatic carbocycles. The minimum atomic E-state index is -0.557. The van der Waals surface area contributed by atoms with E-state index in [4.69, 9.17) is 24.4 Å². The van der Waals surface area contributed by atoms with Gasteiger partial charge in [0, 0.05) is 49.6 Å². The number of rotatable bonds is 11. The molecule has 0 radical (unpaired) electrons. The maximum atomic E-state index is 13.7. The van der Waals surface area contributed by atoms with Crippen molar-refractivity contribution in [2.75, 3.05) is 0 Å². The third-order valence-corrected chi connectivity index (χ3v) is 8.73. The molecule has 254 valence electrons. The first-order valence-electron chi connectivity index (χ1n) is 15.7. The lowest BCUT2D eigenvalue weighted by molar-refractivity contribution is -0.134. The summed E-state index contributed by atoms with van der Waals surface area (Å²) in [5.41, 5.74) is 2.38. The summed E-state index contributed by atoms with van der Waals surface area (Å²) in [6.07, 6.45) is 20.5. The van der Waals surface area contributed by atoms with E-state index in [9.17, 15) is 19.5 Å². The van der Waals surface area contributed by atoms with E-state index < -0.39 is 17.4 Å². The van der Waals surface area contributed by atoms with Gasteiger partial charge < -0.3 is 5.11 Å². The Hall–Kier alpha value is -6.25. The number of carbonyl (C=O) groups is 2. The molecule has 2 amide bonds. The van der Waals surface area contributed by atoms with Gasteiger partial charge >= 0.3 is 0 Å². The van der Waals surface area contributed by atoms with Crippen LogP contribution in [-0.2, 0) is 35.8 Å². The third-order valence-electron chi connectivity index (χ3n) is 7.85. The average molecular weight is 715 g/mol.